The van der Waals surface area contributed by atoms with Crippen molar-refractivity contribution in [2.45, 2.75) is 64.8 Å². The Kier molecular flexibility index (Phi) is 3.41. The summed E-state index contributed by atoms with van der Waals surface area (Å²) in [6.45, 7) is 5.31. The zero-order chi connectivity index (χ0) is 12.6. The Labute approximate surface area is 112 Å². The average Bonchev–Trinajstić information content (AvgIpc) is 2.32. The van der Waals surface area contributed by atoms with Crippen molar-refractivity contribution in [2.75, 3.05) is 6.54 Å². The standard InChI is InChI=1S/C17H27N/c1-3-5-6-16(18-4-2)17-10-13-7-14(11-17)9-15(8-13)12-17/h13-16,18H,4,6-12H2,1-2H3. The molecule has 0 heterocycles. The molecule has 0 amide bonds. The van der Waals surface area contributed by atoms with E-state index >= 15 is 0 Å². The fraction of sp³-hybridized carbons (Fsp3) is 0.882. The van der Waals surface area contributed by atoms with Gasteiger partial charge in [0.05, 0.1) is 0 Å². The summed E-state index contributed by atoms with van der Waals surface area (Å²) in [6.07, 6.45) is 10.1. The molecule has 4 aliphatic carbocycles. The molecule has 100 valence electrons. The lowest BCUT2D eigenvalue weighted by Crippen LogP contribution is -2.55. The molecule has 0 aromatic rings. The Bertz CT molecular complexity index is 324. The third-order valence-electron chi connectivity index (χ3n) is 5.76. The van der Waals surface area contributed by atoms with Crippen LogP contribution in [0.4, 0.5) is 0 Å². The van der Waals surface area contributed by atoms with Crippen LogP contribution in [0.2, 0.25) is 0 Å². The van der Waals surface area contributed by atoms with E-state index in [4.69, 9.17) is 0 Å². The maximum Gasteiger partial charge on any atom is 0.0248 e. The van der Waals surface area contributed by atoms with E-state index in [1.165, 1.54) is 38.5 Å². The number of nitrogens with one attached hydrogen (secondary N) is 1. The van der Waals surface area contributed by atoms with Gasteiger partial charge in [0.25, 0.3) is 0 Å². The Morgan fingerprint density at radius 1 is 1.11 bits per heavy atom. The van der Waals surface area contributed by atoms with E-state index in [9.17, 15) is 0 Å². The average molecular weight is 245 g/mol. The molecule has 4 saturated carbocycles. The molecule has 4 rings (SSSR count). The molecular formula is C17H27N. The van der Waals surface area contributed by atoms with Gasteiger partial charge < -0.3 is 5.32 Å². The first-order valence-electron chi connectivity index (χ1n) is 7.88. The third kappa shape index (κ3) is 2.10. The lowest BCUT2D eigenvalue weighted by Gasteiger charge is -2.59. The van der Waals surface area contributed by atoms with Crippen LogP contribution < -0.4 is 5.32 Å². The molecule has 0 aromatic heterocycles. The SMILES string of the molecule is CC#CCC(NCC)C12CC3CC(CC(C3)C1)C2. The van der Waals surface area contributed by atoms with Crippen LogP contribution in [0.1, 0.15) is 58.8 Å². The van der Waals surface area contributed by atoms with Crippen LogP contribution in [0.25, 0.3) is 0 Å². The minimum absolute atomic E-state index is 0.606. The summed E-state index contributed by atoms with van der Waals surface area (Å²) >= 11 is 0. The second-order valence-corrected chi connectivity index (χ2v) is 7.02. The largest absolute Gasteiger partial charge is 0.313 e. The Morgan fingerprint density at radius 3 is 2.11 bits per heavy atom. The van der Waals surface area contributed by atoms with Crippen molar-refractivity contribution in [1.82, 2.24) is 5.32 Å². The Morgan fingerprint density at radius 2 is 1.67 bits per heavy atom. The summed E-state index contributed by atoms with van der Waals surface area (Å²) in [5.74, 6) is 9.59. The van der Waals surface area contributed by atoms with Gasteiger partial charge in [0.2, 0.25) is 0 Å². The summed E-state index contributed by atoms with van der Waals surface area (Å²) in [5, 5.41) is 3.77. The van der Waals surface area contributed by atoms with Crippen LogP contribution in [0.3, 0.4) is 0 Å². The molecule has 1 atom stereocenters. The molecule has 1 unspecified atom stereocenters. The van der Waals surface area contributed by atoms with Gasteiger partial charge in [-0.3, -0.25) is 0 Å². The second-order valence-electron chi connectivity index (χ2n) is 7.02. The van der Waals surface area contributed by atoms with Gasteiger partial charge in [0, 0.05) is 12.5 Å². The van der Waals surface area contributed by atoms with Crippen molar-refractivity contribution in [1.29, 1.82) is 0 Å². The first kappa shape index (κ1) is 12.5. The molecule has 1 nitrogen and oxygen atoms in total. The van der Waals surface area contributed by atoms with Gasteiger partial charge in [-0.25, -0.2) is 0 Å². The van der Waals surface area contributed by atoms with E-state index in [1.807, 2.05) is 6.92 Å². The molecule has 0 saturated heterocycles. The fourth-order valence-corrected chi connectivity index (χ4v) is 5.56. The van der Waals surface area contributed by atoms with Crippen LogP contribution in [0.5, 0.6) is 0 Å². The van der Waals surface area contributed by atoms with Crippen LogP contribution in [-0.4, -0.2) is 12.6 Å². The highest BCUT2D eigenvalue weighted by Gasteiger charge is 2.53. The lowest BCUT2D eigenvalue weighted by atomic mass is 9.47. The quantitative estimate of drug-likeness (QED) is 0.746. The highest BCUT2D eigenvalue weighted by molar-refractivity contribution is 5.10. The first-order chi connectivity index (χ1) is 8.75. The maximum atomic E-state index is 3.77. The molecule has 0 spiro atoms. The van der Waals surface area contributed by atoms with Gasteiger partial charge >= 0.3 is 0 Å². The zero-order valence-corrected chi connectivity index (χ0v) is 12.0. The fourth-order valence-electron chi connectivity index (χ4n) is 5.56. The number of rotatable bonds is 4. The minimum Gasteiger partial charge on any atom is -0.313 e. The van der Waals surface area contributed by atoms with Crippen LogP contribution in [0.15, 0.2) is 0 Å². The number of hydrogen-bond donors (Lipinski definition) is 1. The molecule has 4 bridgehead atoms. The molecule has 18 heavy (non-hydrogen) atoms. The van der Waals surface area contributed by atoms with Gasteiger partial charge in [-0.2, -0.15) is 0 Å². The molecule has 4 fully saturated rings. The smallest absolute Gasteiger partial charge is 0.0248 e. The first-order valence-corrected chi connectivity index (χ1v) is 7.88. The molecule has 1 heteroatoms. The summed E-state index contributed by atoms with van der Waals surface area (Å²) in [5.41, 5.74) is 0.606. The third-order valence-corrected chi connectivity index (χ3v) is 5.76. The maximum absolute atomic E-state index is 3.77. The van der Waals surface area contributed by atoms with E-state index in [1.54, 1.807) is 0 Å². The molecular weight excluding hydrogens is 218 g/mol. The number of hydrogen-bond acceptors (Lipinski definition) is 1. The van der Waals surface area contributed by atoms with E-state index in [-0.39, 0.29) is 0 Å². The predicted octanol–water partition coefficient (Wildman–Crippen LogP) is 3.59. The van der Waals surface area contributed by atoms with E-state index in [0.29, 0.717) is 11.5 Å². The summed E-state index contributed by atoms with van der Waals surface area (Å²) in [4.78, 5) is 0. The van der Waals surface area contributed by atoms with E-state index in [2.05, 4.69) is 24.1 Å². The van der Waals surface area contributed by atoms with Crippen molar-refractivity contribution in [2.24, 2.45) is 23.2 Å². The summed E-state index contributed by atoms with van der Waals surface area (Å²) in [7, 11) is 0. The van der Waals surface area contributed by atoms with Gasteiger partial charge in [0.15, 0.2) is 0 Å². The van der Waals surface area contributed by atoms with Gasteiger partial charge in [-0.05, 0) is 75.2 Å². The Hall–Kier alpha value is -0.480. The van der Waals surface area contributed by atoms with Crippen molar-refractivity contribution in [3.8, 4) is 11.8 Å². The van der Waals surface area contributed by atoms with E-state index in [0.717, 1.165) is 30.7 Å². The zero-order valence-electron chi connectivity index (χ0n) is 12.0. The molecule has 1 N–H and O–H groups in total. The molecule has 0 aliphatic heterocycles. The molecule has 0 radical (unpaired) electrons. The summed E-state index contributed by atoms with van der Waals surface area (Å²) in [6, 6.07) is 0.656. The van der Waals surface area contributed by atoms with Crippen molar-refractivity contribution in [3.05, 3.63) is 0 Å². The second kappa shape index (κ2) is 4.89. The predicted molar refractivity (Wildman–Crippen MR) is 76.1 cm³/mol. The Balaban J connectivity index is 1.80. The molecule has 4 aliphatic rings. The van der Waals surface area contributed by atoms with Gasteiger partial charge in [-0.1, -0.05) is 6.92 Å². The van der Waals surface area contributed by atoms with Crippen LogP contribution in [0, 0.1) is 35.0 Å². The topological polar surface area (TPSA) is 12.0 Å². The van der Waals surface area contributed by atoms with Crippen LogP contribution in [-0.2, 0) is 0 Å². The van der Waals surface area contributed by atoms with E-state index < -0.39 is 0 Å². The highest BCUT2D eigenvalue weighted by Crippen LogP contribution is 2.61. The summed E-state index contributed by atoms with van der Waals surface area (Å²) < 4.78 is 0. The van der Waals surface area contributed by atoms with Crippen LogP contribution >= 0.6 is 0 Å². The molecule has 0 aromatic carbocycles. The monoisotopic (exact) mass is 245 g/mol. The lowest BCUT2D eigenvalue weighted by molar-refractivity contribution is -0.0725. The van der Waals surface area contributed by atoms with Gasteiger partial charge in [0.1, 0.15) is 0 Å². The normalized spacial score (nSPS) is 42.4. The van der Waals surface area contributed by atoms with Gasteiger partial charge in [-0.15, -0.1) is 11.8 Å². The van der Waals surface area contributed by atoms with Crippen molar-refractivity contribution >= 4 is 0 Å². The highest BCUT2D eigenvalue weighted by atomic mass is 14.9. The minimum atomic E-state index is 0.606. The van der Waals surface area contributed by atoms with Crippen molar-refractivity contribution in [3.63, 3.8) is 0 Å². The van der Waals surface area contributed by atoms with Crippen molar-refractivity contribution < 1.29 is 0 Å².